The second-order valence-corrected chi connectivity index (χ2v) is 4.65. The van der Waals surface area contributed by atoms with Gasteiger partial charge in [-0.1, -0.05) is 6.07 Å². The van der Waals surface area contributed by atoms with E-state index in [2.05, 4.69) is 4.98 Å². The molecule has 6 heteroatoms. The van der Waals surface area contributed by atoms with Crippen LogP contribution in [-0.2, 0) is 5.54 Å². The number of fused-ring (bicyclic) bond motifs is 1. The Morgan fingerprint density at radius 3 is 2.39 bits per heavy atom. The maximum absolute atomic E-state index is 12.8. The number of aryl methyl sites for hydroxylation is 2. The molecule has 0 aliphatic rings. The Kier molecular flexibility index (Phi) is 2.66. The fourth-order valence-corrected chi connectivity index (χ4v) is 1.72. The first-order valence-corrected chi connectivity index (χ1v) is 5.37. The van der Waals surface area contributed by atoms with Crippen LogP contribution in [0.2, 0.25) is 0 Å². The Bertz CT molecular complexity index is 599. The number of aromatic nitrogens is 1. The number of oxazole rings is 1. The lowest BCUT2D eigenvalue weighted by atomic mass is 10.0. The van der Waals surface area contributed by atoms with Crippen molar-refractivity contribution in [2.75, 3.05) is 0 Å². The first-order chi connectivity index (χ1) is 8.13. The predicted molar refractivity (Wildman–Crippen MR) is 61.1 cm³/mol. The van der Waals surface area contributed by atoms with Gasteiger partial charge in [0.05, 0.1) is 0 Å². The molecule has 0 aliphatic heterocycles. The Morgan fingerprint density at radius 1 is 1.22 bits per heavy atom. The Morgan fingerprint density at radius 2 is 1.83 bits per heavy atom. The van der Waals surface area contributed by atoms with Gasteiger partial charge in [0.2, 0.25) is 5.89 Å². The van der Waals surface area contributed by atoms with Crippen LogP contribution in [0.25, 0.3) is 11.1 Å². The SMILES string of the molecule is Cc1cc(C)c2oc(C(C)(N)C(F)(F)F)nc2c1. The van der Waals surface area contributed by atoms with E-state index in [0.717, 1.165) is 18.1 Å². The first-order valence-electron chi connectivity index (χ1n) is 5.37. The molecule has 0 radical (unpaired) electrons. The average Bonchev–Trinajstić information content (AvgIpc) is 2.59. The van der Waals surface area contributed by atoms with E-state index in [9.17, 15) is 13.2 Å². The molecule has 1 aromatic heterocycles. The number of nitrogens with zero attached hydrogens (tertiary/aromatic N) is 1. The van der Waals surface area contributed by atoms with Crippen LogP contribution < -0.4 is 5.73 Å². The summed E-state index contributed by atoms with van der Waals surface area (Å²) in [6, 6.07) is 3.49. The van der Waals surface area contributed by atoms with Gasteiger partial charge in [-0.3, -0.25) is 0 Å². The molecular weight excluding hydrogens is 245 g/mol. The number of halogens is 3. The lowest BCUT2D eigenvalue weighted by molar-refractivity contribution is -0.189. The molecule has 1 unspecified atom stereocenters. The van der Waals surface area contributed by atoms with Crippen molar-refractivity contribution in [1.82, 2.24) is 4.98 Å². The third-order valence-electron chi connectivity index (χ3n) is 2.85. The van der Waals surface area contributed by atoms with E-state index in [0.29, 0.717) is 11.1 Å². The molecule has 0 saturated heterocycles. The summed E-state index contributed by atoms with van der Waals surface area (Å²) in [7, 11) is 0. The van der Waals surface area contributed by atoms with Gasteiger partial charge in [0, 0.05) is 0 Å². The van der Waals surface area contributed by atoms with Gasteiger partial charge >= 0.3 is 6.18 Å². The standard InChI is InChI=1S/C12H13F3N2O/c1-6-4-7(2)9-8(5-6)17-10(18-9)11(3,16)12(13,14)15/h4-5H,16H2,1-3H3. The molecular formula is C12H13F3N2O. The highest BCUT2D eigenvalue weighted by Gasteiger charge is 2.53. The van der Waals surface area contributed by atoms with Crippen LogP contribution in [-0.4, -0.2) is 11.2 Å². The van der Waals surface area contributed by atoms with Gasteiger partial charge in [-0.15, -0.1) is 0 Å². The summed E-state index contributed by atoms with van der Waals surface area (Å²) < 4.78 is 43.6. The first kappa shape index (κ1) is 12.9. The summed E-state index contributed by atoms with van der Waals surface area (Å²) >= 11 is 0. The van der Waals surface area contributed by atoms with Crippen molar-refractivity contribution in [3.63, 3.8) is 0 Å². The van der Waals surface area contributed by atoms with E-state index in [-0.39, 0.29) is 0 Å². The number of hydrogen-bond donors (Lipinski definition) is 1. The smallest absolute Gasteiger partial charge is 0.415 e. The summed E-state index contributed by atoms with van der Waals surface area (Å²) in [6.45, 7) is 4.44. The van der Waals surface area contributed by atoms with Crippen molar-refractivity contribution in [1.29, 1.82) is 0 Å². The minimum atomic E-state index is -4.61. The van der Waals surface area contributed by atoms with Crippen molar-refractivity contribution in [3.8, 4) is 0 Å². The van der Waals surface area contributed by atoms with Crippen LogP contribution in [0.4, 0.5) is 13.2 Å². The number of nitrogens with two attached hydrogens (primary N) is 1. The van der Waals surface area contributed by atoms with Crippen LogP contribution >= 0.6 is 0 Å². The lowest BCUT2D eigenvalue weighted by Crippen LogP contribution is -2.47. The average molecular weight is 258 g/mol. The minimum absolute atomic E-state index is 0.344. The largest absolute Gasteiger partial charge is 0.438 e. The van der Waals surface area contributed by atoms with E-state index >= 15 is 0 Å². The lowest BCUT2D eigenvalue weighted by Gasteiger charge is -2.23. The summed E-state index contributed by atoms with van der Waals surface area (Å²) in [6.07, 6.45) is -4.61. The third kappa shape index (κ3) is 1.86. The highest BCUT2D eigenvalue weighted by atomic mass is 19.4. The molecule has 0 spiro atoms. The van der Waals surface area contributed by atoms with E-state index in [1.165, 1.54) is 0 Å². The fourth-order valence-electron chi connectivity index (χ4n) is 1.72. The molecule has 1 atom stereocenters. The summed E-state index contributed by atoms with van der Waals surface area (Å²) in [5.74, 6) is -0.515. The van der Waals surface area contributed by atoms with Crippen LogP contribution in [0, 0.1) is 13.8 Å². The molecule has 2 aromatic rings. The zero-order valence-corrected chi connectivity index (χ0v) is 10.2. The Labute approximate surface area is 102 Å². The minimum Gasteiger partial charge on any atom is -0.438 e. The molecule has 0 amide bonds. The highest BCUT2D eigenvalue weighted by molar-refractivity contribution is 5.77. The monoisotopic (exact) mass is 258 g/mol. The Balaban J connectivity index is 2.65. The van der Waals surface area contributed by atoms with E-state index in [1.54, 1.807) is 13.0 Å². The zero-order chi connectivity index (χ0) is 13.7. The summed E-state index contributed by atoms with van der Waals surface area (Å²) in [5, 5.41) is 0. The molecule has 2 rings (SSSR count). The van der Waals surface area contributed by atoms with E-state index in [1.807, 2.05) is 13.0 Å². The molecule has 18 heavy (non-hydrogen) atoms. The van der Waals surface area contributed by atoms with E-state index in [4.69, 9.17) is 10.2 Å². The van der Waals surface area contributed by atoms with Gasteiger partial charge in [0.15, 0.2) is 11.1 Å². The molecule has 0 fully saturated rings. The van der Waals surface area contributed by atoms with Crippen molar-refractivity contribution < 1.29 is 17.6 Å². The van der Waals surface area contributed by atoms with Crippen LogP contribution in [0.5, 0.6) is 0 Å². The van der Waals surface area contributed by atoms with Gasteiger partial charge in [-0.2, -0.15) is 13.2 Å². The van der Waals surface area contributed by atoms with Gasteiger partial charge < -0.3 is 10.2 Å². The predicted octanol–water partition coefficient (Wildman–Crippen LogP) is 3.18. The van der Waals surface area contributed by atoms with E-state index < -0.39 is 17.6 Å². The second-order valence-electron chi connectivity index (χ2n) is 4.65. The molecule has 0 bridgehead atoms. The zero-order valence-electron chi connectivity index (χ0n) is 10.2. The van der Waals surface area contributed by atoms with Gasteiger partial charge in [0.1, 0.15) is 5.52 Å². The third-order valence-corrected chi connectivity index (χ3v) is 2.85. The molecule has 1 aromatic carbocycles. The Hall–Kier alpha value is -1.56. The number of hydrogen-bond acceptors (Lipinski definition) is 3. The van der Waals surface area contributed by atoms with Crippen LogP contribution in [0.1, 0.15) is 23.9 Å². The van der Waals surface area contributed by atoms with Crippen molar-refractivity contribution >= 4 is 11.1 Å². The van der Waals surface area contributed by atoms with Gasteiger partial charge in [-0.25, -0.2) is 4.98 Å². The molecule has 0 aliphatic carbocycles. The highest BCUT2D eigenvalue weighted by Crippen LogP contribution is 2.37. The van der Waals surface area contributed by atoms with Crippen molar-refractivity contribution in [3.05, 3.63) is 29.2 Å². The topological polar surface area (TPSA) is 52.0 Å². The second kappa shape index (κ2) is 3.71. The summed E-state index contributed by atoms with van der Waals surface area (Å²) in [5.41, 5.74) is 5.08. The number of rotatable bonds is 1. The maximum Gasteiger partial charge on any atom is 0.415 e. The molecule has 2 N–H and O–H groups in total. The van der Waals surface area contributed by atoms with Crippen molar-refractivity contribution in [2.45, 2.75) is 32.5 Å². The molecule has 98 valence electrons. The number of benzene rings is 1. The maximum atomic E-state index is 12.8. The quantitative estimate of drug-likeness (QED) is 0.854. The normalized spacial score (nSPS) is 15.9. The number of alkyl halides is 3. The van der Waals surface area contributed by atoms with Crippen LogP contribution in [0.3, 0.4) is 0 Å². The molecule has 1 heterocycles. The fraction of sp³-hybridized carbons (Fsp3) is 0.417. The van der Waals surface area contributed by atoms with Gasteiger partial charge in [0.25, 0.3) is 0 Å². The summed E-state index contributed by atoms with van der Waals surface area (Å²) in [4.78, 5) is 3.86. The molecule has 3 nitrogen and oxygen atoms in total. The molecule has 0 saturated carbocycles. The van der Waals surface area contributed by atoms with Gasteiger partial charge in [-0.05, 0) is 38.0 Å². The van der Waals surface area contributed by atoms with Crippen LogP contribution in [0.15, 0.2) is 16.5 Å². The van der Waals surface area contributed by atoms with Crippen molar-refractivity contribution in [2.24, 2.45) is 5.73 Å².